The molecule has 0 spiro atoms. The number of fused-ring (bicyclic) bond motifs is 9. The highest BCUT2D eigenvalue weighted by molar-refractivity contribution is 6.09. The summed E-state index contributed by atoms with van der Waals surface area (Å²) in [6, 6.07) is 58.5. The largest absolute Gasteiger partial charge is 0.309 e. The third-order valence-electron chi connectivity index (χ3n) is 11.6. The summed E-state index contributed by atoms with van der Waals surface area (Å²) in [5.41, 5.74) is 17.8. The molecular weight excluding hydrogens is 605 g/mol. The van der Waals surface area contributed by atoms with E-state index in [2.05, 4.69) is 195 Å². The molecule has 2 aliphatic carbocycles. The van der Waals surface area contributed by atoms with E-state index in [0.717, 1.165) is 11.4 Å². The van der Waals surface area contributed by atoms with Crippen molar-refractivity contribution < 1.29 is 0 Å². The molecule has 0 radical (unpaired) electrons. The van der Waals surface area contributed by atoms with Crippen LogP contribution in [0.25, 0.3) is 49.7 Å². The number of benzene rings is 7. The van der Waals surface area contributed by atoms with Crippen LogP contribution in [-0.4, -0.2) is 4.57 Å². The summed E-state index contributed by atoms with van der Waals surface area (Å²) in [7, 11) is 0. The van der Waals surface area contributed by atoms with Gasteiger partial charge in [0, 0.05) is 44.1 Å². The van der Waals surface area contributed by atoms with Crippen LogP contribution in [0.4, 0.5) is 17.1 Å². The summed E-state index contributed by atoms with van der Waals surface area (Å²) in [5, 5.41) is 2.55. The maximum Gasteiger partial charge on any atom is 0.0543 e. The quantitative estimate of drug-likeness (QED) is 0.185. The first-order valence-corrected chi connectivity index (χ1v) is 17.7. The van der Waals surface area contributed by atoms with Crippen molar-refractivity contribution in [2.45, 2.75) is 38.5 Å². The van der Waals surface area contributed by atoms with Crippen LogP contribution in [0.5, 0.6) is 0 Å². The van der Waals surface area contributed by atoms with Gasteiger partial charge in [-0.05, 0) is 81.9 Å². The van der Waals surface area contributed by atoms with Crippen LogP contribution >= 0.6 is 0 Å². The summed E-state index contributed by atoms with van der Waals surface area (Å²) in [5.74, 6) is 0. The highest BCUT2D eigenvalue weighted by Crippen LogP contribution is 2.58. The molecule has 0 atom stereocenters. The monoisotopic (exact) mass is 642 g/mol. The zero-order valence-corrected chi connectivity index (χ0v) is 28.9. The van der Waals surface area contributed by atoms with Crippen molar-refractivity contribution in [3.63, 3.8) is 0 Å². The Morgan fingerprint density at radius 2 is 0.820 bits per heavy atom. The average molecular weight is 643 g/mol. The van der Waals surface area contributed by atoms with Gasteiger partial charge in [-0.1, -0.05) is 137 Å². The van der Waals surface area contributed by atoms with Gasteiger partial charge in [0.25, 0.3) is 0 Å². The zero-order valence-electron chi connectivity index (χ0n) is 28.9. The first-order valence-electron chi connectivity index (χ1n) is 17.7. The molecule has 10 rings (SSSR count). The molecule has 2 aliphatic rings. The Morgan fingerprint density at radius 3 is 1.32 bits per heavy atom. The highest BCUT2D eigenvalue weighted by Gasteiger charge is 2.40. The Bertz CT molecular complexity index is 2490. The predicted octanol–water partition coefficient (Wildman–Crippen LogP) is 12.9. The molecule has 0 bridgehead atoms. The Hall–Kier alpha value is -5.86. The molecule has 1 heterocycles. The van der Waals surface area contributed by atoms with Crippen LogP contribution in [0.3, 0.4) is 0 Å². The second-order valence-electron chi connectivity index (χ2n) is 15.0. The lowest BCUT2D eigenvalue weighted by molar-refractivity contribution is 0.660. The normalized spacial score (nSPS) is 14.7. The second-order valence-corrected chi connectivity index (χ2v) is 15.0. The SMILES string of the molecule is CC1(C)c2ccccc2-c2c(N(c3ccc(-n4c5ccccc5c5ccccc54)cc3)c3cccc4c3-c3ccccc3C4(C)C)cccc21. The first kappa shape index (κ1) is 29.1. The first-order chi connectivity index (χ1) is 24.4. The van der Waals surface area contributed by atoms with Crippen molar-refractivity contribution in [3.05, 3.63) is 180 Å². The number of hydrogen-bond acceptors (Lipinski definition) is 1. The minimum atomic E-state index is -0.0960. The Balaban J connectivity index is 1.24. The standard InChI is InChI=1S/C48H38N2/c1-47(2)37-19-9-5-17-35(37)45-39(47)21-13-25-43(45)50(44-26-14-22-40-46(44)36-18-6-10-20-38(36)48(40,3)4)32-29-27-31(28-30-32)49-41-23-11-7-15-33(41)34-16-8-12-24-42(34)49/h5-30H,1-4H3. The molecule has 2 nitrogen and oxygen atoms in total. The van der Waals surface area contributed by atoms with E-state index in [1.54, 1.807) is 0 Å². The maximum atomic E-state index is 2.53. The van der Waals surface area contributed by atoms with Gasteiger partial charge in [-0.25, -0.2) is 0 Å². The van der Waals surface area contributed by atoms with Gasteiger partial charge in [-0.3, -0.25) is 0 Å². The van der Waals surface area contributed by atoms with E-state index in [1.807, 2.05) is 0 Å². The van der Waals surface area contributed by atoms with Gasteiger partial charge in [0.2, 0.25) is 0 Å². The van der Waals surface area contributed by atoms with Gasteiger partial charge in [0.15, 0.2) is 0 Å². The summed E-state index contributed by atoms with van der Waals surface area (Å²) >= 11 is 0. The number of hydrogen-bond donors (Lipinski definition) is 0. The van der Waals surface area contributed by atoms with E-state index in [1.165, 1.54) is 77.7 Å². The average Bonchev–Trinajstić information content (AvgIpc) is 3.70. The number of anilines is 3. The molecule has 0 saturated heterocycles. The number of rotatable bonds is 4. The molecule has 8 aromatic rings. The molecule has 50 heavy (non-hydrogen) atoms. The molecule has 1 aromatic heterocycles. The molecule has 0 amide bonds. The van der Waals surface area contributed by atoms with Crippen LogP contribution in [0, 0.1) is 0 Å². The summed E-state index contributed by atoms with van der Waals surface area (Å²) in [6.07, 6.45) is 0. The molecule has 7 aromatic carbocycles. The number of para-hydroxylation sites is 2. The van der Waals surface area contributed by atoms with Crippen LogP contribution < -0.4 is 4.90 Å². The van der Waals surface area contributed by atoms with Gasteiger partial charge >= 0.3 is 0 Å². The topological polar surface area (TPSA) is 8.17 Å². The van der Waals surface area contributed by atoms with Crippen molar-refractivity contribution in [3.8, 4) is 27.9 Å². The van der Waals surface area contributed by atoms with Crippen LogP contribution in [0.2, 0.25) is 0 Å². The minimum Gasteiger partial charge on any atom is -0.309 e. The maximum absolute atomic E-state index is 2.53. The lowest BCUT2D eigenvalue weighted by Crippen LogP contribution is -2.17. The molecule has 2 heteroatoms. The molecule has 0 saturated carbocycles. The predicted molar refractivity (Wildman–Crippen MR) is 211 cm³/mol. The van der Waals surface area contributed by atoms with E-state index >= 15 is 0 Å². The fourth-order valence-corrected chi connectivity index (χ4v) is 9.20. The van der Waals surface area contributed by atoms with Crippen molar-refractivity contribution in [2.24, 2.45) is 0 Å². The molecular formula is C48H38N2. The lowest BCUT2D eigenvalue weighted by Gasteiger charge is -2.31. The van der Waals surface area contributed by atoms with Gasteiger partial charge in [0.05, 0.1) is 22.4 Å². The van der Waals surface area contributed by atoms with Crippen LogP contribution in [0.15, 0.2) is 158 Å². The molecule has 0 fully saturated rings. The van der Waals surface area contributed by atoms with Gasteiger partial charge in [-0.2, -0.15) is 0 Å². The van der Waals surface area contributed by atoms with Gasteiger partial charge in [-0.15, -0.1) is 0 Å². The Morgan fingerprint density at radius 1 is 0.400 bits per heavy atom. The zero-order chi connectivity index (χ0) is 33.8. The van der Waals surface area contributed by atoms with Crippen LogP contribution in [-0.2, 0) is 10.8 Å². The lowest BCUT2D eigenvalue weighted by atomic mass is 9.82. The fraction of sp³-hybridized carbons (Fsp3) is 0.125. The van der Waals surface area contributed by atoms with Gasteiger partial charge in [0.1, 0.15) is 0 Å². The third kappa shape index (κ3) is 3.85. The van der Waals surface area contributed by atoms with Crippen molar-refractivity contribution in [1.29, 1.82) is 0 Å². The van der Waals surface area contributed by atoms with Crippen molar-refractivity contribution in [2.75, 3.05) is 4.90 Å². The van der Waals surface area contributed by atoms with E-state index < -0.39 is 0 Å². The van der Waals surface area contributed by atoms with Crippen molar-refractivity contribution >= 4 is 38.9 Å². The fourth-order valence-electron chi connectivity index (χ4n) is 9.20. The Kier molecular flexibility index (Phi) is 6.01. The summed E-state index contributed by atoms with van der Waals surface area (Å²) in [4.78, 5) is 2.53. The Labute approximate surface area is 293 Å². The smallest absolute Gasteiger partial charge is 0.0543 e. The van der Waals surface area contributed by atoms with Gasteiger partial charge < -0.3 is 9.47 Å². The molecule has 0 unspecified atom stereocenters. The van der Waals surface area contributed by atoms with E-state index in [-0.39, 0.29) is 10.8 Å². The molecule has 0 aliphatic heterocycles. The van der Waals surface area contributed by atoms with E-state index in [9.17, 15) is 0 Å². The number of nitrogens with zero attached hydrogens (tertiary/aromatic N) is 2. The summed E-state index contributed by atoms with van der Waals surface area (Å²) < 4.78 is 2.40. The highest BCUT2D eigenvalue weighted by atomic mass is 15.2. The minimum absolute atomic E-state index is 0.0960. The second kappa shape index (κ2) is 10.3. The van der Waals surface area contributed by atoms with E-state index in [0.29, 0.717) is 0 Å². The van der Waals surface area contributed by atoms with Crippen molar-refractivity contribution in [1.82, 2.24) is 4.57 Å². The number of aromatic nitrogens is 1. The molecule has 0 N–H and O–H groups in total. The van der Waals surface area contributed by atoms with Crippen LogP contribution in [0.1, 0.15) is 49.9 Å². The summed E-state index contributed by atoms with van der Waals surface area (Å²) in [6.45, 7) is 9.47. The third-order valence-corrected chi connectivity index (χ3v) is 11.6. The molecule has 240 valence electrons. The van der Waals surface area contributed by atoms with E-state index in [4.69, 9.17) is 0 Å².